The first-order valence-corrected chi connectivity index (χ1v) is 14.8. The molecule has 6 nitrogen and oxygen atoms in total. The highest BCUT2D eigenvalue weighted by Gasteiger charge is 2.58. The van der Waals surface area contributed by atoms with Gasteiger partial charge in [-0.1, -0.05) is 76.6 Å². The van der Waals surface area contributed by atoms with Gasteiger partial charge in [0, 0.05) is 0 Å². The van der Waals surface area contributed by atoms with Crippen LogP contribution in [0.25, 0.3) is 0 Å². The Balaban J connectivity index is 1.27. The zero-order chi connectivity index (χ0) is 27.7. The molecule has 0 N–H and O–H groups in total. The summed E-state index contributed by atoms with van der Waals surface area (Å²) in [5.41, 5.74) is 2.51. The number of hydrogen-bond donors (Lipinski definition) is 0. The topological polar surface area (TPSA) is 71.1 Å². The van der Waals surface area contributed by atoms with Crippen LogP contribution in [0.1, 0.15) is 104 Å². The van der Waals surface area contributed by atoms with E-state index in [1.54, 1.807) is 0 Å². The van der Waals surface area contributed by atoms with Crippen molar-refractivity contribution in [1.82, 2.24) is 0 Å². The smallest absolute Gasteiger partial charge is 0.338 e. The summed E-state index contributed by atoms with van der Waals surface area (Å²) in [6, 6.07) is 15.3. The SMILES string of the molecule is CCCCCCc1ccc(C(=O)O[C@@H]2CO[C@H]3[C@H]2OC[C@@]3(C)OC(=O)c2ccc(CCCCCC)cc2)cc1. The van der Waals surface area contributed by atoms with E-state index < -0.39 is 35.9 Å². The van der Waals surface area contributed by atoms with E-state index in [4.69, 9.17) is 18.9 Å². The van der Waals surface area contributed by atoms with Gasteiger partial charge in [0.15, 0.2) is 11.7 Å². The van der Waals surface area contributed by atoms with Crippen LogP contribution in [0.15, 0.2) is 48.5 Å². The highest BCUT2D eigenvalue weighted by atomic mass is 16.7. The molecule has 0 saturated carbocycles. The fraction of sp³-hybridized carbons (Fsp3) is 0.576. The van der Waals surface area contributed by atoms with Crippen LogP contribution in [0, 0.1) is 0 Å². The Morgan fingerprint density at radius 1 is 0.769 bits per heavy atom. The van der Waals surface area contributed by atoms with Crippen molar-refractivity contribution in [1.29, 1.82) is 0 Å². The first-order chi connectivity index (χ1) is 18.9. The van der Waals surface area contributed by atoms with Crippen LogP contribution < -0.4 is 0 Å². The van der Waals surface area contributed by atoms with E-state index in [1.165, 1.54) is 49.7 Å². The van der Waals surface area contributed by atoms with Crippen molar-refractivity contribution in [3.63, 3.8) is 0 Å². The van der Waals surface area contributed by atoms with Crippen molar-refractivity contribution in [2.24, 2.45) is 0 Å². The second kappa shape index (κ2) is 14.1. The lowest BCUT2D eigenvalue weighted by Gasteiger charge is -2.28. The molecule has 0 unspecified atom stereocenters. The van der Waals surface area contributed by atoms with Gasteiger partial charge in [0.25, 0.3) is 0 Å². The van der Waals surface area contributed by atoms with Crippen LogP contribution in [0.4, 0.5) is 0 Å². The number of aryl methyl sites for hydroxylation is 2. The number of carbonyl (C=O) groups is 2. The molecule has 39 heavy (non-hydrogen) atoms. The van der Waals surface area contributed by atoms with E-state index >= 15 is 0 Å². The summed E-state index contributed by atoms with van der Waals surface area (Å²) in [4.78, 5) is 25.8. The van der Waals surface area contributed by atoms with Crippen molar-refractivity contribution in [2.75, 3.05) is 13.2 Å². The average Bonchev–Trinajstić information content (AvgIpc) is 3.50. The summed E-state index contributed by atoms with van der Waals surface area (Å²) < 4.78 is 23.6. The van der Waals surface area contributed by atoms with Gasteiger partial charge in [-0.05, 0) is 68.0 Å². The molecule has 0 amide bonds. The normalized spacial score (nSPS) is 23.9. The molecule has 2 fully saturated rings. The maximum absolute atomic E-state index is 13.0. The number of hydrogen-bond acceptors (Lipinski definition) is 6. The number of esters is 2. The summed E-state index contributed by atoms with van der Waals surface area (Å²) in [6.45, 7) is 6.62. The summed E-state index contributed by atoms with van der Waals surface area (Å²) in [5, 5.41) is 0. The lowest BCUT2D eigenvalue weighted by Crippen LogP contribution is -2.45. The zero-order valence-corrected chi connectivity index (χ0v) is 23.8. The Morgan fingerprint density at radius 3 is 1.85 bits per heavy atom. The molecule has 2 aliphatic rings. The van der Waals surface area contributed by atoms with Crippen molar-refractivity contribution in [3.8, 4) is 0 Å². The van der Waals surface area contributed by atoms with Gasteiger partial charge in [-0.25, -0.2) is 9.59 Å². The van der Waals surface area contributed by atoms with Gasteiger partial charge < -0.3 is 18.9 Å². The third-order valence-corrected chi connectivity index (χ3v) is 7.87. The van der Waals surface area contributed by atoms with E-state index in [-0.39, 0.29) is 13.2 Å². The van der Waals surface area contributed by atoms with Gasteiger partial charge in [0.2, 0.25) is 0 Å². The third kappa shape index (κ3) is 7.70. The number of ether oxygens (including phenoxy) is 4. The minimum Gasteiger partial charge on any atom is -0.453 e. The molecular weight excluding hydrogens is 492 g/mol. The number of rotatable bonds is 14. The number of benzene rings is 2. The summed E-state index contributed by atoms with van der Waals surface area (Å²) in [5.74, 6) is -0.802. The molecule has 0 bridgehead atoms. The summed E-state index contributed by atoms with van der Waals surface area (Å²) >= 11 is 0. The molecule has 0 spiro atoms. The first kappa shape index (κ1) is 29.3. The number of unbranched alkanes of at least 4 members (excludes halogenated alkanes) is 6. The molecule has 4 atom stereocenters. The van der Waals surface area contributed by atoms with Crippen LogP contribution in [0.3, 0.4) is 0 Å². The summed E-state index contributed by atoms with van der Waals surface area (Å²) in [6.07, 6.45) is 10.2. The van der Waals surface area contributed by atoms with E-state index in [9.17, 15) is 9.59 Å². The van der Waals surface area contributed by atoms with Gasteiger partial charge in [0.05, 0.1) is 24.3 Å². The molecule has 0 radical (unpaired) electrons. The average molecular weight is 537 g/mol. The second-order valence-corrected chi connectivity index (χ2v) is 11.2. The van der Waals surface area contributed by atoms with Gasteiger partial charge in [0.1, 0.15) is 12.2 Å². The van der Waals surface area contributed by atoms with Gasteiger partial charge in [-0.3, -0.25) is 0 Å². The van der Waals surface area contributed by atoms with Crippen molar-refractivity contribution in [3.05, 3.63) is 70.8 Å². The Kier molecular flexibility index (Phi) is 10.6. The Labute approximate surface area is 233 Å². The van der Waals surface area contributed by atoms with E-state index in [1.807, 2.05) is 55.5 Å². The highest BCUT2D eigenvalue weighted by molar-refractivity contribution is 5.90. The quantitative estimate of drug-likeness (QED) is 0.194. The van der Waals surface area contributed by atoms with Crippen LogP contribution >= 0.6 is 0 Å². The molecule has 2 aromatic carbocycles. The fourth-order valence-electron chi connectivity index (χ4n) is 5.44. The molecule has 2 saturated heterocycles. The maximum Gasteiger partial charge on any atom is 0.338 e. The van der Waals surface area contributed by atoms with E-state index in [0.717, 1.165) is 25.7 Å². The minimum atomic E-state index is -0.957. The molecule has 6 heteroatoms. The van der Waals surface area contributed by atoms with Crippen LogP contribution in [0.5, 0.6) is 0 Å². The number of fused-ring (bicyclic) bond motifs is 1. The monoisotopic (exact) mass is 536 g/mol. The lowest BCUT2D eigenvalue weighted by molar-refractivity contribution is -0.0749. The Morgan fingerprint density at radius 2 is 1.31 bits per heavy atom. The molecule has 0 aromatic heterocycles. The predicted molar refractivity (Wildman–Crippen MR) is 151 cm³/mol. The fourth-order valence-corrected chi connectivity index (χ4v) is 5.44. The van der Waals surface area contributed by atoms with Crippen LogP contribution in [-0.2, 0) is 31.8 Å². The highest BCUT2D eigenvalue weighted by Crippen LogP contribution is 2.38. The van der Waals surface area contributed by atoms with E-state index in [2.05, 4.69) is 13.8 Å². The van der Waals surface area contributed by atoms with Crippen molar-refractivity contribution >= 4 is 11.9 Å². The van der Waals surface area contributed by atoms with Crippen molar-refractivity contribution in [2.45, 2.75) is 109 Å². The maximum atomic E-state index is 13.0. The largest absolute Gasteiger partial charge is 0.453 e. The molecule has 0 aliphatic carbocycles. The number of carbonyl (C=O) groups excluding carboxylic acids is 2. The third-order valence-electron chi connectivity index (χ3n) is 7.87. The molecule has 2 aliphatic heterocycles. The second-order valence-electron chi connectivity index (χ2n) is 11.2. The van der Waals surface area contributed by atoms with Gasteiger partial charge >= 0.3 is 11.9 Å². The van der Waals surface area contributed by atoms with Crippen molar-refractivity contribution < 1.29 is 28.5 Å². The molecule has 2 aromatic rings. The van der Waals surface area contributed by atoms with Gasteiger partial charge in [-0.15, -0.1) is 0 Å². The Bertz CT molecular complexity index is 1060. The molecule has 2 heterocycles. The molecule has 212 valence electrons. The van der Waals surface area contributed by atoms with Gasteiger partial charge in [-0.2, -0.15) is 0 Å². The molecular formula is C33H44O6. The predicted octanol–water partition coefficient (Wildman–Crippen LogP) is 6.87. The van der Waals surface area contributed by atoms with E-state index in [0.29, 0.717) is 11.1 Å². The standard InChI is InChI=1S/C33H44O6/c1-4-6-8-10-12-24-14-18-26(19-15-24)31(34)38-28-22-36-30-29(28)37-23-33(30,3)39-32(35)27-20-16-25(17-21-27)13-11-9-7-5-2/h14-21,28-30H,4-13,22-23H2,1-3H3/t28-,29+,30+,33-/m1/s1. The zero-order valence-electron chi connectivity index (χ0n) is 23.8. The molecule has 4 rings (SSSR count). The van der Waals surface area contributed by atoms with Crippen LogP contribution in [0.2, 0.25) is 0 Å². The Hall–Kier alpha value is -2.70. The first-order valence-electron chi connectivity index (χ1n) is 14.8. The minimum absolute atomic E-state index is 0.185. The van der Waals surface area contributed by atoms with Crippen LogP contribution in [-0.4, -0.2) is 49.1 Å². The summed E-state index contributed by atoms with van der Waals surface area (Å²) in [7, 11) is 0. The lowest BCUT2D eigenvalue weighted by atomic mass is 9.97.